The summed E-state index contributed by atoms with van der Waals surface area (Å²) in [4.78, 5) is 0. The van der Waals surface area contributed by atoms with Gasteiger partial charge in [0.25, 0.3) is 0 Å². The van der Waals surface area contributed by atoms with Crippen molar-refractivity contribution in [3.8, 4) is 28.4 Å². The number of aromatic nitrogens is 1. The summed E-state index contributed by atoms with van der Waals surface area (Å²) >= 11 is 1.55. The van der Waals surface area contributed by atoms with Crippen LogP contribution in [0.15, 0.2) is 93.8 Å². The van der Waals surface area contributed by atoms with E-state index >= 15 is 0 Å². The minimum atomic E-state index is 0.0117. The summed E-state index contributed by atoms with van der Waals surface area (Å²) < 4.78 is 1.75. The first-order chi connectivity index (χ1) is 15.1. The molecule has 0 saturated carbocycles. The van der Waals surface area contributed by atoms with Crippen molar-refractivity contribution in [1.82, 2.24) is 4.57 Å². The zero-order valence-corrected chi connectivity index (χ0v) is 17.5. The Balaban J connectivity index is 1.61. The number of thiophene rings is 1. The number of hydrogen-bond acceptors (Lipinski definition) is 5. The van der Waals surface area contributed by atoms with Gasteiger partial charge in [-0.05, 0) is 36.1 Å². The van der Waals surface area contributed by atoms with Crippen LogP contribution in [0.25, 0.3) is 27.7 Å². The number of benzene rings is 3. The van der Waals surface area contributed by atoms with E-state index in [1.807, 2.05) is 84.4 Å². The van der Waals surface area contributed by atoms with E-state index in [9.17, 15) is 10.2 Å². The second kappa shape index (κ2) is 7.74. The van der Waals surface area contributed by atoms with Crippen LogP contribution in [0.5, 0.6) is 11.6 Å². The molecule has 31 heavy (non-hydrogen) atoms. The summed E-state index contributed by atoms with van der Waals surface area (Å²) in [6.07, 6.45) is 0. The van der Waals surface area contributed by atoms with Crippen LogP contribution in [-0.2, 0) is 0 Å². The average molecular weight is 426 g/mol. The van der Waals surface area contributed by atoms with E-state index in [0.29, 0.717) is 16.9 Å². The lowest BCUT2D eigenvalue weighted by Gasteiger charge is -2.07. The Bertz CT molecular complexity index is 1420. The van der Waals surface area contributed by atoms with Crippen LogP contribution in [0.2, 0.25) is 0 Å². The number of phenolic OH excluding ortho intramolecular Hbond substituents is 1. The number of phenols is 1. The molecule has 5 nitrogen and oxygen atoms in total. The Morgan fingerprint density at radius 2 is 1.71 bits per heavy atom. The van der Waals surface area contributed by atoms with Gasteiger partial charge in [0.2, 0.25) is 5.88 Å². The molecular weight excluding hydrogens is 406 g/mol. The lowest BCUT2D eigenvalue weighted by Crippen LogP contribution is -1.89. The van der Waals surface area contributed by atoms with Crippen molar-refractivity contribution in [2.45, 2.75) is 6.92 Å². The second-order valence-corrected chi connectivity index (χ2v) is 8.03. The molecule has 0 saturated heterocycles. The normalized spacial score (nSPS) is 11.5. The first-order valence-electron chi connectivity index (χ1n) is 9.79. The maximum Gasteiger partial charge on any atom is 0.225 e. The lowest BCUT2D eigenvalue weighted by atomic mass is 10.0. The van der Waals surface area contributed by atoms with Gasteiger partial charge in [-0.3, -0.25) is 4.57 Å². The van der Waals surface area contributed by atoms with E-state index in [2.05, 4.69) is 10.2 Å². The fourth-order valence-corrected chi connectivity index (χ4v) is 4.34. The molecule has 5 aromatic rings. The third kappa shape index (κ3) is 3.37. The standard InChI is InChI=1S/C25H19N3O2S/c1-16-6-4-7-17(14-16)19-9-5-10-21(24(19)29)26-27-23-20-8-2-3-11-22(20)28(25(23)30)18-12-13-31-15-18/h2-15,29-30H,1H3. The molecule has 0 spiro atoms. The van der Waals surface area contributed by atoms with E-state index < -0.39 is 0 Å². The van der Waals surface area contributed by atoms with Crippen LogP contribution >= 0.6 is 11.3 Å². The molecule has 152 valence electrons. The van der Waals surface area contributed by atoms with Gasteiger partial charge in [-0.2, -0.15) is 11.3 Å². The molecule has 2 N–H and O–H groups in total. The lowest BCUT2D eigenvalue weighted by molar-refractivity contribution is 0.446. The van der Waals surface area contributed by atoms with Gasteiger partial charge in [0.15, 0.2) is 11.4 Å². The van der Waals surface area contributed by atoms with Gasteiger partial charge in [-0.15, -0.1) is 10.2 Å². The minimum absolute atomic E-state index is 0.0117. The van der Waals surface area contributed by atoms with Gasteiger partial charge < -0.3 is 10.2 Å². The highest BCUT2D eigenvalue weighted by atomic mass is 32.1. The maximum absolute atomic E-state index is 10.9. The summed E-state index contributed by atoms with van der Waals surface area (Å²) in [5, 5.41) is 35.1. The first kappa shape index (κ1) is 19.1. The Morgan fingerprint density at radius 1 is 0.871 bits per heavy atom. The summed E-state index contributed by atoms with van der Waals surface area (Å²) in [6.45, 7) is 2.01. The number of para-hydroxylation sites is 2. The molecule has 2 aromatic heterocycles. The number of rotatable bonds is 4. The fraction of sp³-hybridized carbons (Fsp3) is 0.0400. The summed E-state index contributed by atoms with van der Waals surface area (Å²) in [5.41, 5.74) is 5.11. The Kier molecular flexibility index (Phi) is 4.76. The Labute approximate surface area is 183 Å². The zero-order valence-electron chi connectivity index (χ0n) is 16.7. The number of azo groups is 1. The van der Waals surface area contributed by atoms with Crippen LogP contribution in [0.1, 0.15) is 5.56 Å². The number of fused-ring (bicyclic) bond motifs is 1. The van der Waals surface area contributed by atoms with Crippen molar-refractivity contribution >= 4 is 33.6 Å². The molecule has 0 aliphatic heterocycles. The van der Waals surface area contributed by atoms with Crippen LogP contribution < -0.4 is 0 Å². The number of aryl methyl sites for hydroxylation is 1. The molecule has 0 aliphatic carbocycles. The molecule has 5 rings (SSSR count). The Hall–Kier alpha value is -3.90. The summed E-state index contributed by atoms with van der Waals surface area (Å²) in [6, 6.07) is 22.9. The van der Waals surface area contributed by atoms with Crippen molar-refractivity contribution < 1.29 is 10.2 Å². The number of nitrogens with zero attached hydrogens (tertiary/aromatic N) is 3. The van der Waals surface area contributed by atoms with Crippen LogP contribution in [0.4, 0.5) is 11.4 Å². The molecule has 2 heterocycles. The quantitative estimate of drug-likeness (QED) is 0.293. The van der Waals surface area contributed by atoms with Crippen LogP contribution in [0, 0.1) is 6.92 Å². The molecule has 3 aromatic carbocycles. The van der Waals surface area contributed by atoms with Gasteiger partial charge in [0, 0.05) is 16.3 Å². The highest BCUT2D eigenvalue weighted by Crippen LogP contribution is 2.43. The van der Waals surface area contributed by atoms with Crippen molar-refractivity contribution in [2.75, 3.05) is 0 Å². The molecule has 0 fully saturated rings. The summed E-state index contributed by atoms with van der Waals surface area (Å²) in [7, 11) is 0. The van der Waals surface area contributed by atoms with E-state index in [1.54, 1.807) is 22.0 Å². The third-order valence-electron chi connectivity index (χ3n) is 5.19. The number of hydrogen-bond donors (Lipinski definition) is 2. The molecule has 0 amide bonds. The van der Waals surface area contributed by atoms with E-state index in [-0.39, 0.29) is 11.6 Å². The van der Waals surface area contributed by atoms with Crippen molar-refractivity contribution in [2.24, 2.45) is 10.2 Å². The second-order valence-electron chi connectivity index (χ2n) is 7.25. The monoisotopic (exact) mass is 425 g/mol. The van der Waals surface area contributed by atoms with E-state index in [4.69, 9.17) is 0 Å². The molecule has 0 bridgehead atoms. The van der Waals surface area contributed by atoms with E-state index in [0.717, 1.165) is 27.7 Å². The first-order valence-corrected chi connectivity index (χ1v) is 10.7. The van der Waals surface area contributed by atoms with Crippen molar-refractivity contribution in [3.05, 3.63) is 89.1 Å². The predicted octanol–water partition coefficient (Wildman–Crippen LogP) is 7.49. The highest BCUT2D eigenvalue weighted by Gasteiger charge is 2.18. The smallest absolute Gasteiger partial charge is 0.225 e. The molecule has 0 unspecified atom stereocenters. The third-order valence-corrected chi connectivity index (χ3v) is 5.86. The van der Waals surface area contributed by atoms with Gasteiger partial charge >= 0.3 is 0 Å². The maximum atomic E-state index is 10.9. The van der Waals surface area contributed by atoms with E-state index in [1.165, 1.54) is 0 Å². The molecule has 0 atom stereocenters. The summed E-state index contributed by atoms with van der Waals surface area (Å²) in [5.74, 6) is 0.0654. The fourth-order valence-electron chi connectivity index (χ4n) is 3.72. The molecule has 6 heteroatoms. The Morgan fingerprint density at radius 3 is 2.52 bits per heavy atom. The molecular formula is C25H19N3O2S. The van der Waals surface area contributed by atoms with Gasteiger partial charge in [0.05, 0.1) is 11.2 Å². The van der Waals surface area contributed by atoms with Crippen molar-refractivity contribution in [1.29, 1.82) is 0 Å². The van der Waals surface area contributed by atoms with Crippen molar-refractivity contribution in [3.63, 3.8) is 0 Å². The van der Waals surface area contributed by atoms with Gasteiger partial charge in [0.1, 0.15) is 5.69 Å². The topological polar surface area (TPSA) is 70.1 Å². The highest BCUT2D eigenvalue weighted by molar-refractivity contribution is 7.08. The molecule has 0 aliphatic rings. The van der Waals surface area contributed by atoms with Gasteiger partial charge in [-0.1, -0.05) is 60.2 Å². The largest absolute Gasteiger partial charge is 0.505 e. The van der Waals surface area contributed by atoms with Crippen LogP contribution in [0.3, 0.4) is 0 Å². The predicted molar refractivity (Wildman–Crippen MR) is 125 cm³/mol. The molecule has 0 radical (unpaired) electrons. The zero-order chi connectivity index (χ0) is 21.4. The average Bonchev–Trinajstić information content (AvgIpc) is 3.39. The van der Waals surface area contributed by atoms with Gasteiger partial charge in [-0.25, -0.2) is 0 Å². The van der Waals surface area contributed by atoms with Crippen LogP contribution in [-0.4, -0.2) is 14.8 Å². The SMILES string of the molecule is Cc1cccc(-c2cccc(N=Nc3c(O)n(-c4ccsc4)c4ccccc34)c2O)c1. The minimum Gasteiger partial charge on any atom is -0.505 e. The number of aromatic hydroxyl groups is 2.